The minimum Gasteiger partial charge on any atom is -0.394 e. The highest BCUT2D eigenvalue weighted by Crippen LogP contribution is 2.33. The highest BCUT2D eigenvalue weighted by molar-refractivity contribution is 5.76. The van der Waals surface area contributed by atoms with E-state index < -0.39 is 124 Å². The fourth-order valence-electron chi connectivity index (χ4n) is 10.4. The van der Waals surface area contributed by atoms with E-state index in [1.807, 2.05) is 0 Å². The van der Waals surface area contributed by atoms with Crippen LogP contribution >= 0.6 is 0 Å². The Morgan fingerprint density at radius 2 is 0.863 bits per heavy atom. The van der Waals surface area contributed by atoms with E-state index in [1.165, 1.54) is 89.9 Å². The van der Waals surface area contributed by atoms with Crippen molar-refractivity contribution in [3.63, 3.8) is 0 Å². The molecule has 3 saturated heterocycles. The van der Waals surface area contributed by atoms with Gasteiger partial charge in [-0.1, -0.05) is 191 Å². The molecule has 0 aromatic rings. The minimum atomic E-state index is -1.97. The Morgan fingerprint density at radius 1 is 0.463 bits per heavy atom. The molecule has 3 heterocycles. The second kappa shape index (κ2) is 44.3. The zero-order valence-corrected chi connectivity index (χ0v) is 48.5. The highest BCUT2D eigenvalue weighted by Gasteiger charge is 2.53. The smallest absolute Gasteiger partial charge is 0.220 e. The second-order valence-electron chi connectivity index (χ2n) is 22.1. The second-order valence-corrected chi connectivity index (χ2v) is 22.1. The molecule has 0 aromatic heterocycles. The summed E-state index contributed by atoms with van der Waals surface area (Å²) in [7, 11) is 0. The Morgan fingerprint density at radius 3 is 1.35 bits per heavy atom. The average molecular weight is 1140 g/mol. The molecule has 1 amide bonds. The zero-order valence-electron chi connectivity index (χ0n) is 48.5. The summed E-state index contributed by atoms with van der Waals surface area (Å²) in [5.74, 6) is -0.249. The number of aliphatic hydroxyl groups excluding tert-OH is 11. The third-order valence-electron chi connectivity index (χ3n) is 15.4. The number of carbonyl (C=O) groups is 1. The van der Waals surface area contributed by atoms with Gasteiger partial charge in [0, 0.05) is 6.42 Å². The van der Waals surface area contributed by atoms with Crippen LogP contribution in [-0.2, 0) is 33.2 Å². The topological polar surface area (TPSA) is 307 Å². The van der Waals surface area contributed by atoms with Crippen molar-refractivity contribution in [2.24, 2.45) is 0 Å². The van der Waals surface area contributed by atoms with Crippen molar-refractivity contribution in [1.82, 2.24) is 5.32 Å². The Bertz CT molecular complexity index is 1650. The molecule has 0 bridgehead atoms. The zero-order chi connectivity index (χ0) is 58.3. The Labute approximate surface area is 478 Å². The molecule has 3 aliphatic rings. The Hall–Kier alpha value is -2.25. The van der Waals surface area contributed by atoms with Gasteiger partial charge in [-0.25, -0.2) is 0 Å². The average Bonchev–Trinajstić information content (AvgIpc) is 3.55. The van der Waals surface area contributed by atoms with E-state index in [0.717, 1.165) is 77.0 Å². The van der Waals surface area contributed by atoms with E-state index in [-0.39, 0.29) is 18.9 Å². The van der Waals surface area contributed by atoms with Crippen LogP contribution in [0.5, 0.6) is 0 Å². The summed E-state index contributed by atoms with van der Waals surface area (Å²) < 4.78 is 34.2. The molecule has 466 valence electrons. The van der Waals surface area contributed by atoms with E-state index in [1.54, 1.807) is 0 Å². The molecule has 0 aromatic carbocycles. The lowest BCUT2D eigenvalue weighted by Crippen LogP contribution is -2.66. The van der Waals surface area contributed by atoms with Gasteiger partial charge in [0.15, 0.2) is 18.9 Å². The highest BCUT2D eigenvalue weighted by atomic mass is 16.8. The lowest BCUT2D eigenvalue weighted by Gasteiger charge is -2.48. The first-order valence-corrected chi connectivity index (χ1v) is 30.9. The number of ether oxygens (including phenoxy) is 6. The number of carbonyl (C=O) groups excluding carboxylic acids is 1. The maximum atomic E-state index is 13.3. The van der Waals surface area contributed by atoms with Crippen molar-refractivity contribution in [2.45, 2.75) is 304 Å². The van der Waals surface area contributed by atoms with Crippen LogP contribution in [0.25, 0.3) is 0 Å². The van der Waals surface area contributed by atoms with Crippen molar-refractivity contribution >= 4 is 5.91 Å². The monoisotopic (exact) mass is 1140 g/mol. The maximum absolute atomic E-state index is 13.3. The number of nitrogens with one attached hydrogen (secondary N) is 1. The molecule has 0 spiro atoms. The molecule has 0 saturated carbocycles. The largest absolute Gasteiger partial charge is 0.394 e. The standard InChI is InChI=1S/C61H109NO18/c1-3-5-7-9-11-13-14-15-16-17-18-19-20-21-22-23-24-25-26-27-28-29-30-31-33-35-37-39-49(67)62-44(45(66)38-36-34-32-12-10-8-6-4-2)43-75-59-55(73)52(70)57(47(41-64)77-59)80-61-56(74)53(71)58(48(42-65)78-61)79-60-54(72)51(69)50(68)46(40-63)76-60/h5,7,11,13,15-16,18-19,44-48,50-61,63-66,68-74H,3-4,6,8-10,12,14,17,20-43H2,1-2H3,(H,62,67)/b7-5-,13-11-,16-15-,19-18-. The number of hydrogen-bond acceptors (Lipinski definition) is 18. The summed E-state index contributed by atoms with van der Waals surface area (Å²) in [5, 5.41) is 120. The quantitative estimate of drug-likeness (QED) is 0.0250. The molecule has 12 N–H and O–H groups in total. The molecule has 3 aliphatic heterocycles. The van der Waals surface area contributed by atoms with E-state index in [4.69, 9.17) is 28.4 Å². The fourth-order valence-corrected chi connectivity index (χ4v) is 10.4. The van der Waals surface area contributed by atoms with Crippen LogP contribution in [0, 0.1) is 0 Å². The van der Waals surface area contributed by atoms with Crippen molar-refractivity contribution in [2.75, 3.05) is 26.4 Å². The summed E-state index contributed by atoms with van der Waals surface area (Å²) in [6.07, 6.45) is 22.3. The molecule has 3 rings (SSSR count). The van der Waals surface area contributed by atoms with E-state index in [2.05, 4.69) is 67.8 Å². The van der Waals surface area contributed by atoms with E-state index in [9.17, 15) is 61.0 Å². The molecular formula is C61H109NO18. The van der Waals surface area contributed by atoms with E-state index in [0.29, 0.717) is 12.8 Å². The molecule has 19 heteroatoms. The summed E-state index contributed by atoms with van der Waals surface area (Å²) in [5.41, 5.74) is 0. The number of amides is 1. The fraction of sp³-hybridized carbons (Fsp3) is 0.852. The molecule has 19 nitrogen and oxygen atoms in total. The molecule has 0 aliphatic carbocycles. The van der Waals surface area contributed by atoms with Crippen LogP contribution < -0.4 is 5.32 Å². The predicted molar refractivity (Wildman–Crippen MR) is 305 cm³/mol. The van der Waals surface area contributed by atoms with Gasteiger partial charge in [0.2, 0.25) is 5.91 Å². The van der Waals surface area contributed by atoms with Gasteiger partial charge in [-0.3, -0.25) is 4.79 Å². The van der Waals surface area contributed by atoms with Gasteiger partial charge < -0.3 is 89.9 Å². The van der Waals surface area contributed by atoms with Gasteiger partial charge in [0.05, 0.1) is 38.6 Å². The van der Waals surface area contributed by atoms with Crippen LogP contribution in [0.2, 0.25) is 0 Å². The maximum Gasteiger partial charge on any atom is 0.220 e. The van der Waals surface area contributed by atoms with Crippen LogP contribution in [0.1, 0.15) is 200 Å². The van der Waals surface area contributed by atoms with Crippen LogP contribution in [0.15, 0.2) is 48.6 Å². The number of rotatable bonds is 45. The molecule has 3 fully saturated rings. The van der Waals surface area contributed by atoms with Crippen LogP contribution in [-0.4, -0.2) is 193 Å². The molecule has 17 atom stereocenters. The van der Waals surface area contributed by atoms with Crippen molar-refractivity contribution < 1.29 is 89.4 Å². The minimum absolute atomic E-state index is 0.249. The Kier molecular flexibility index (Phi) is 39.8. The summed E-state index contributed by atoms with van der Waals surface area (Å²) in [6, 6.07) is -0.885. The first-order valence-electron chi connectivity index (χ1n) is 30.9. The first-order chi connectivity index (χ1) is 38.8. The van der Waals surface area contributed by atoms with Crippen molar-refractivity contribution in [3.8, 4) is 0 Å². The summed E-state index contributed by atoms with van der Waals surface area (Å²) >= 11 is 0. The van der Waals surface area contributed by atoms with Crippen molar-refractivity contribution in [1.29, 1.82) is 0 Å². The third-order valence-corrected chi connectivity index (χ3v) is 15.4. The van der Waals surface area contributed by atoms with Gasteiger partial charge in [-0.05, 0) is 51.4 Å². The van der Waals surface area contributed by atoms with E-state index >= 15 is 0 Å². The molecule has 17 unspecified atom stereocenters. The molecule has 80 heavy (non-hydrogen) atoms. The van der Waals surface area contributed by atoms with Gasteiger partial charge >= 0.3 is 0 Å². The molecule has 0 radical (unpaired) electrons. The lowest BCUT2D eigenvalue weighted by molar-refractivity contribution is -0.379. The number of aliphatic hydroxyl groups is 11. The molecular weight excluding hydrogens is 1030 g/mol. The Balaban J connectivity index is 1.38. The summed E-state index contributed by atoms with van der Waals surface area (Å²) in [4.78, 5) is 13.3. The number of hydrogen-bond donors (Lipinski definition) is 12. The predicted octanol–water partition coefficient (Wildman–Crippen LogP) is 5.87. The normalized spacial score (nSPS) is 30.3. The van der Waals surface area contributed by atoms with Gasteiger partial charge in [-0.2, -0.15) is 0 Å². The van der Waals surface area contributed by atoms with Gasteiger partial charge in [0.25, 0.3) is 0 Å². The lowest BCUT2D eigenvalue weighted by atomic mass is 9.96. The SMILES string of the molecule is CC/C=C\C/C=C\C/C=C\C/C=C\CCCCCCCCCCCCCCCCC(=O)NC(COC1OC(CO)C(OC2OC(CO)C(OC3OC(CO)C(O)C(O)C3O)C(O)C2O)C(O)C1O)C(O)CCCCCCCCCC. The van der Waals surface area contributed by atoms with Gasteiger partial charge in [-0.15, -0.1) is 0 Å². The van der Waals surface area contributed by atoms with Crippen LogP contribution in [0.4, 0.5) is 0 Å². The number of unbranched alkanes of at least 4 members (excludes halogenated alkanes) is 21. The first kappa shape index (κ1) is 72.0. The van der Waals surface area contributed by atoms with Crippen LogP contribution in [0.3, 0.4) is 0 Å². The number of allylic oxidation sites excluding steroid dienone is 8. The van der Waals surface area contributed by atoms with Gasteiger partial charge in [0.1, 0.15) is 73.2 Å². The van der Waals surface area contributed by atoms with Crippen molar-refractivity contribution in [3.05, 3.63) is 48.6 Å². The third kappa shape index (κ3) is 27.6. The summed E-state index contributed by atoms with van der Waals surface area (Å²) in [6.45, 7) is 1.62.